The van der Waals surface area contributed by atoms with Gasteiger partial charge in [-0.2, -0.15) is 0 Å². The van der Waals surface area contributed by atoms with Crippen LogP contribution in [0.15, 0.2) is 0 Å². The molecule has 1 fully saturated rings. The molecule has 0 saturated heterocycles. The lowest BCUT2D eigenvalue weighted by Gasteiger charge is -2.31. The lowest BCUT2D eigenvalue weighted by molar-refractivity contribution is -0.156. The Hall–Kier alpha value is -0.570. The van der Waals surface area contributed by atoms with Gasteiger partial charge in [-0.25, -0.2) is 0 Å². The molecule has 3 unspecified atom stereocenters. The first-order chi connectivity index (χ1) is 7.56. The first-order valence-electron chi connectivity index (χ1n) is 6.47. The quantitative estimate of drug-likeness (QED) is 0.750. The first-order valence-corrected chi connectivity index (χ1v) is 6.47. The van der Waals surface area contributed by atoms with Crippen molar-refractivity contribution < 1.29 is 9.53 Å². The Morgan fingerprint density at radius 2 is 1.88 bits per heavy atom. The Balaban J connectivity index is 2.43. The molecule has 0 aliphatic heterocycles. The molecule has 1 aliphatic carbocycles. The molecule has 0 amide bonds. The average molecular weight is 227 g/mol. The van der Waals surface area contributed by atoms with Crippen LogP contribution in [0.3, 0.4) is 0 Å². The lowest BCUT2D eigenvalue weighted by Crippen LogP contribution is -2.33. The Kier molecular flexibility index (Phi) is 5.26. The van der Waals surface area contributed by atoms with E-state index in [1.54, 1.807) is 0 Å². The predicted molar refractivity (Wildman–Crippen MR) is 64.9 cm³/mol. The van der Waals surface area contributed by atoms with Crippen LogP contribution in [-0.4, -0.2) is 18.6 Å². The molecule has 0 aromatic heterocycles. The summed E-state index contributed by atoms with van der Waals surface area (Å²) in [4.78, 5) is 11.8. The summed E-state index contributed by atoms with van der Waals surface area (Å²) in [6.45, 7) is 6.84. The molecule has 3 nitrogen and oxygen atoms in total. The molecule has 2 N–H and O–H groups in total. The second kappa shape index (κ2) is 6.24. The molecule has 0 bridgehead atoms. The van der Waals surface area contributed by atoms with E-state index in [1.165, 1.54) is 6.42 Å². The summed E-state index contributed by atoms with van der Waals surface area (Å²) in [5, 5.41) is 0. The number of hydrogen-bond donors (Lipinski definition) is 1. The molecule has 94 valence electrons. The van der Waals surface area contributed by atoms with Gasteiger partial charge < -0.3 is 10.5 Å². The van der Waals surface area contributed by atoms with Crippen molar-refractivity contribution in [3.8, 4) is 0 Å². The van der Waals surface area contributed by atoms with Gasteiger partial charge in [0.2, 0.25) is 0 Å². The van der Waals surface area contributed by atoms with Gasteiger partial charge in [0, 0.05) is 6.54 Å². The zero-order chi connectivity index (χ0) is 12.1. The summed E-state index contributed by atoms with van der Waals surface area (Å²) < 4.78 is 5.56. The van der Waals surface area contributed by atoms with E-state index in [9.17, 15) is 4.79 Å². The highest BCUT2D eigenvalue weighted by Crippen LogP contribution is 2.30. The molecule has 3 heteroatoms. The fourth-order valence-electron chi connectivity index (χ4n) is 2.66. The van der Waals surface area contributed by atoms with Crippen molar-refractivity contribution >= 4 is 5.97 Å². The monoisotopic (exact) mass is 227 g/mol. The minimum absolute atomic E-state index is 0.101. The third-order valence-electron chi connectivity index (χ3n) is 3.53. The number of ether oxygens (including phenoxy) is 1. The van der Waals surface area contributed by atoms with Crippen molar-refractivity contribution in [3.05, 3.63) is 0 Å². The van der Waals surface area contributed by atoms with Gasteiger partial charge >= 0.3 is 5.97 Å². The number of nitrogens with two attached hydrogens (primary N) is 1. The van der Waals surface area contributed by atoms with Crippen LogP contribution in [-0.2, 0) is 9.53 Å². The molecule has 3 atom stereocenters. The number of esters is 1. The topological polar surface area (TPSA) is 52.3 Å². The van der Waals surface area contributed by atoms with Crippen LogP contribution in [0, 0.1) is 17.8 Å². The maximum absolute atomic E-state index is 11.8. The van der Waals surface area contributed by atoms with E-state index in [0.717, 1.165) is 19.3 Å². The van der Waals surface area contributed by atoms with Gasteiger partial charge in [0.1, 0.15) is 6.10 Å². The van der Waals surface area contributed by atoms with Gasteiger partial charge in [0.15, 0.2) is 0 Å². The SMILES string of the molecule is CCC(CN)C(=O)OC1CC(C)CC(C)C1. The van der Waals surface area contributed by atoms with Crippen molar-refractivity contribution in [1.29, 1.82) is 0 Å². The molecule has 0 spiro atoms. The van der Waals surface area contributed by atoms with Crippen LogP contribution in [0.2, 0.25) is 0 Å². The molecular formula is C13H25NO2. The van der Waals surface area contributed by atoms with Crippen LogP contribution in [0.5, 0.6) is 0 Å². The molecule has 0 aromatic rings. The summed E-state index contributed by atoms with van der Waals surface area (Å²) in [6, 6.07) is 0. The van der Waals surface area contributed by atoms with Crippen LogP contribution >= 0.6 is 0 Å². The fraction of sp³-hybridized carbons (Fsp3) is 0.923. The summed E-state index contributed by atoms with van der Waals surface area (Å²) in [6.07, 6.45) is 4.16. The average Bonchev–Trinajstić information content (AvgIpc) is 2.17. The molecule has 0 aromatic carbocycles. The summed E-state index contributed by atoms with van der Waals surface area (Å²) in [5.41, 5.74) is 5.54. The Labute approximate surface area is 98.7 Å². The number of hydrogen-bond acceptors (Lipinski definition) is 3. The minimum Gasteiger partial charge on any atom is -0.462 e. The summed E-state index contributed by atoms with van der Waals surface area (Å²) in [7, 11) is 0. The number of carbonyl (C=O) groups excluding carboxylic acids is 1. The van der Waals surface area contributed by atoms with Gasteiger partial charge in [0.05, 0.1) is 5.92 Å². The molecule has 16 heavy (non-hydrogen) atoms. The largest absolute Gasteiger partial charge is 0.462 e. The summed E-state index contributed by atoms with van der Waals surface area (Å²) in [5.74, 6) is 1.11. The first kappa shape index (κ1) is 13.5. The summed E-state index contributed by atoms with van der Waals surface area (Å²) >= 11 is 0. The van der Waals surface area contributed by atoms with Crippen molar-refractivity contribution in [2.45, 2.75) is 52.6 Å². The molecule has 1 rings (SSSR count). The highest BCUT2D eigenvalue weighted by molar-refractivity contribution is 5.72. The molecule has 0 heterocycles. The van der Waals surface area contributed by atoms with Crippen LogP contribution in [0.25, 0.3) is 0 Å². The Morgan fingerprint density at radius 3 is 2.31 bits per heavy atom. The van der Waals surface area contributed by atoms with E-state index in [2.05, 4.69) is 13.8 Å². The van der Waals surface area contributed by atoms with Gasteiger partial charge in [-0.1, -0.05) is 20.8 Å². The van der Waals surface area contributed by atoms with Gasteiger partial charge in [-0.05, 0) is 37.5 Å². The number of rotatable bonds is 4. The second-order valence-corrected chi connectivity index (χ2v) is 5.32. The Morgan fingerprint density at radius 1 is 1.31 bits per heavy atom. The van der Waals surface area contributed by atoms with E-state index in [0.29, 0.717) is 18.4 Å². The van der Waals surface area contributed by atoms with Gasteiger partial charge in [-0.15, -0.1) is 0 Å². The van der Waals surface area contributed by atoms with Gasteiger partial charge in [-0.3, -0.25) is 4.79 Å². The lowest BCUT2D eigenvalue weighted by atomic mass is 9.82. The third kappa shape index (κ3) is 3.78. The second-order valence-electron chi connectivity index (χ2n) is 5.32. The number of carbonyl (C=O) groups is 1. The van der Waals surface area contributed by atoms with E-state index in [-0.39, 0.29) is 18.0 Å². The van der Waals surface area contributed by atoms with Crippen molar-refractivity contribution in [2.24, 2.45) is 23.5 Å². The van der Waals surface area contributed by atoms with Crippen LogP contribution in [0.4, 0.5) is 0 Å². The normalized spacial score (nSPS) is 32.1. The fourth-order valence-corrected chi connectivity index (χ4v) is 2.66. The molecule has 0 radical (unpaired) electrons. The maximum atomic E-state index is 11.8. The van der Waals surface area contributed by atoms with Crippen LogP contribution < -0.4 is 5.73 Å². The molecular weight excluding hydrogens is 202 g/mol. The zero-order valence-corrected chi connectivity index (χ0v) is 10.7. The Bertz CT molecular complexity index is 216. The third-order valence-corrected chi connectivity index (χ3v) is 3.53. The van der Waals surface area contributed by atoms with Crippen molar-refractivity contribution in [1.82, 2.24) is 0 Å². The molecule has 1 saturated carbocycles. The van der Waals surface area contributed by atoms with Crippen LogP contribution in [0.1, 0.15) is 46.5 Å². The smallest absolute Gasteiger partial charge is 0.310 e. The van der Waals surface area contributed by atoms with E-state index >= 15 is 0 Å². The van der Waals surface area contributed by atoms with E-state index in [1.807, 2.05) is 6.92 Å². The standard InChI is InChI=1S/C13H25NO2/c1-4-11(8-14)13(15)16-12-6-9(2)5-10(3)7-12/h9-12H,4-8,14H2,1-3H3. The minimum atomic E-state index is -0.118. The van der Waals surface area contributed by atoms with E-state index in [4.69, 9.17) is 10.5 Å². The zero-order valence-electron chi connectivity index (χ0n) is 10.7. The van der Waals surface area contributed by atoms with Crippen molar-refractivity contribution in [3.63, 3.8) is 0 Å². The van der Waals surface area contributed by atoms with E-state index < -0.39 is 0 Å². The van der Waals surface area contributed by atoms with Gasteiger partial charge in [0.25, 0.3) is 0 Å². The predicted octanol–water partition coefficient (Wildman–Crippen LogP) is 2.34. The van der Waals surface area contributed by atoms with Crippen molar-refractivity contribution in [2.75, 3.05) is 6.54 Å². The highest BCUT2D eigenvalue weighted by atomic mass is 16.5. The molecule has 1 aliphatic rings. The maximum Gasteiger partial charge on any atom is 0.310 e. The highest BCUT2D eigenvalue weighted by Gasteiger charge is 2.28.